The van der Waals surface area contributed by atoms with Crippen molar-refractivity contribution in [2.24, 2.45) is 5.92 Å². The van der Waals surface area contributed by atoms with Gasteiger partial charge in [0.05, 0.1) is 5.02 Å². The van der Waals surface area contributed by atoms with Crippen LogP contribution in [0.25, 0.3) is 5.57 Å². The smallest absolute Gasteiger partial charge is 0.149 e. The van der Waals surface area contributed by atoms with Crippen molar-refractivity contribution in [1.29, 1.82) is 0 Å². The molecule has 0 nitrogen and oxygen atoms in total. The summed E-state index contributed by atoms with van der Waals surface area (Å²) in [5, 5.41) is 0.245. The van der Waals surface area contributed by atoms with Crippen molar-refractivity contribution in [2.75, 3.05) is 0 Å². The molecule has 1 aromatic rings. The minimum absolute atomic E-state index is 0.245. The summed E-state index contributed by atoms with van der Waals surface area (Å²) in [6.07, 6.45) is 6.97. The first-order valence-corrected chi connectivity index (χ1v) is 6.28. The Morgan fingerprint density at radius 3 is 2.82 bits per heavy atom. The molecule has 1 unspecified atom stereocenters. The maximum atomic E-state index is 14.0. The van der Waals surface area contributed by atoms with Gasteiger partial charge in [0.2, 0.25) is 0 Å². The van der Waals surface area contributed by atoms with Crippen molar-refractivity contribution in [3.8, 4) is 0 Å². The first kappa shape index (κ1) is 12.4. The minimum Gasteiger partial charge on any atom is -0.205 e. The zero-order valence-electron chi connectivity index (χ0n) is 9.97. The fourth-order valence-electron chi connectivity index (χ4n) is 2.21. The van der Waals surface area contributed by atoms with Gasteiger partial charge in [0.25, 0.3) is 0 Å². The number of allylic oxidation sites excluding steroid dienone is 3. The second kappa shape index (κ2) is 5.05. The van der Waals surface area contributed by atoms with Crippen LogP contribution < -0.4 is 0 Å². The van der Waals surface area contributed by atoms with Crippen molar-refractivity contribution >= 4 is 17.2 Å². The Bertz CT molecular complexity index is 474. The molecule has 1 aromatic carbocycles. The molecule has 1 aliphatic rings. The van der Waals surface area contributed by atoms with Crippen LogP contribution in [0.15, 0.2) is 30.9 Å². The summed E-state index contributed by atoms with van der Waals surface area (Å²) in [5.41, 5.74) is 2.51. The third-order valence-corrected chi connectivity index (χ3v) is 3.87. The van der Waals surface area contributed by atoms with Crippen molar-refractivity contribution in [2.45, 2.75) is 26.2 Å². The predicted octanol–water partition coefficient (Wildman–Crippen LogP) is 5.16. The van der Waals surface area contributed by atoms with Gasteiger partial charge >= 0.3 is 0 Å². The summed E-state index contributed by atoms with van der Waals surface area (Å²) in [4.78, 5) is 0. The van der Waals surface area contributed by atoms with E-state index in [1.165, 1.54) is 0 Å². The van der Waals surface area contributed by atoms with E-state index in [-0.39, 0.29) is 10.8 Å². The quantitative estimate of drug-likeness (QED) is 0.636. The highest BCUT2D eigenvalue weighted by molar-refractivity contribution is 6.31. The molecule has 0 saturated heterocycles. The largest absolute Gasteiger partial charge is 0.205 e. The third kappa shape index (κ3) is 2.44. The second-order valence-corrected chi connectivity index (χ2v) is 4.94. The molecule has 1 aliphatic carbocycles. The van der Waals surface area contributed by atoms with E-state index in [4.69, 9.17) is 11.6 Å². The van der Waals surface area contributed by atoms with Crippen LogP contribution in [-0.2, 0) is 0 Å². The number of hydrogen-bond donors (Lipinski definition) is 0. The lowest BCUT2D eigenvalue weighted by Gasteiger charge is -2.20. The SMILES string of the molecule is C=CC1CC=C(c2ccc(C)c(Cl)c2F)CC1. The highest BCUT2D eigenvalue weighted by Crippen LogP contribution is 2.34. The average molecular weight is 251 g/mol. The first-order valence-electron chi connectivity index (χ1n) is 5.90. The molecule has 0 spiro atoms. The lowest BCUT2D eigenvalue weighted by atomic mass is 9.86. The van der Waals surface area contributed by atoms with E-state index >= 15 is 0 Å². The van der Waals surface area contributed by atoms with Crippen molar-refractivity contribution < 1.29 is 4.39 Å². The zero-order chi connectivity index (χ0) is 12.4. The summed E-state index contributed by atoms with van der Waals surface area (Å²) < 4.78 is 14.0. The van der Waals surface area contributed by atoms with Crippen LogP contribution in [0.5, 0.6) is 0 Å². The van der Waals surface area contributed by atoms with Crippen LogP contribution in [-0.4, -0.2) is 0 Å². The van der Waals surface area contributed by atoms with Gasteiger partial charge in [-0.1, -0.05) is 35.9 Å². The van der Waals surface area contributed by atoms with Gasteiger partial charge in [0, 0.05) is 5.56 Å². The van der Waals surface area contributed by atoms with Gasteiger partial charge in [-0.25, -0.2) is 4.39 Å². The summed E-state index contributed by atoms with van der Waals surface area (Å²) in [6.45, 7) is 5.62. The number of rotatable bonds is 2. The van der Waals surface area contributed by atoms with E-state index in [0.717, 1.165) is 30.4 Å². The fourth-order valence-corrected chi connectivity index (χ4v) is 2.37. The molecule has 0 bridgehead atoms. The Morgan fingerprint density at radius 1 is 1.47 bits per heavy atom. The maximum Gasteiger partial charge on any atom is 0.149 e. The van der Waals surface area contributed by atoms with Crippen molar-refractivity contribution in [3.05, 3.63) is 52.8 Å². The Morgan fingerprint density at radius 2 is 2.24 bits per heavy atom. The van der Waals surface area contributed by atoms with E-state index in [9.17, 15) is 4.39 Å². The summed E-state index contributed by atoms with van der Waals surface area (Å²) in [6, 6.07) is 3.71. The second-order valence-electron chi connectivity index (χ2n) is 4.56. The molecule has 0 aromatic heterocycles. The number of hydrogen-bond acceptors (Lipinski definition) is 0. The summed E-state index contributed by atoms with van der Waals surface area (Å²) in [7, 11) is 0. The third-order valence-electron chi connectivity index (χ3n) is 3.41. The highest BCUT2D eigenvalue weighted by atomic mass is 35.5. The molecule has 17 heavy (non-hydrogen) atoms. The Kier molecular flexibility index (Phi) is 3.68. The number of aryl methyl sites for hydroxylation is 1. The van der Waals surface area contributed by atoms with Crippen LogP contribution >= 0.6 is 11.6 Å². The van der Waals surface area contributed by atoms with E-state index in [2.05, 4.69) is 12.7 Å². The van der Waals surface area contributed by atoms with E-state index in [1.54, 1.807) is 0 Å². The standard InChI is InChI=1S/C15H16ClF/c1-3-11-5-7-12(8-6-11)13-9-4-10(2)14(16)15(13)17/h3-4,7,9,11H,1,5-6,8H2,2H3. The molecular weight excluding hydrogens is 235 g/mol. The lowest BCUT2D eigenvalue weighted by Crippen LogP contribution is -2.03. The Balaban J connectivity index is 2.33. The molecule has 0 aliphatic heterocycles. The van der Waals surface area contributed by atoms with Gasteiger partial charge in [0.1, 0.15) is 5.82 Å². The Hall–Kier alpha value is -1.08. The molecule has 2 heteroatoms. The van der Waals surface area contributed by atoms with Gasteiger partial charge in [-0.05, 0) is 43.2 Å². The van der Waals surface area contributed by atoms with Gasteiger partial charge in [-0.15, -0.1) is 6.58 Å². The monoisotopic (exact) mass is 250 g/mol. The van der Waals surface area contributed by atoms with Crippen molar-refractivity contribution in [3.63, 3.8) is 0 Å². The predicted molar refractivity (Wildman–Crippen MR) is 71.7 cm³/mol. The van der Waals surface area contributed by atoms with Crippen LogP contribution in [0.4, 0.5) is 4.39 Å². The topological polar surface area (TPSA) is 0 Å². The molecular formula is C15H16ClF. The molecule has 0 N–H and O–H groups in total. The van der Waals surface area contributed by atoms with Crippen LogP contribution in [0.3, 0.4) is 0 Å². The van der Waals surface area contributed by atoms with Gasteiger partial charge in [-0.2, -0.15) is 0 Å². The van der Waals surface area contributed by atoms with Crippen LogP contribution in [0, 0.1) is 18.7 Å². The molecule has 1 atom stereocenters. The number of halogens is 2. The molecule has 0 fully saturated rings. The van der Waals surface area contributed by atoms with Crippen LogP contribution in [0.2, 0.25) is 5.02 Å². The molecule has 0 heterocycles. The first-order chi connectivity index (χ1) is 8.13. The van der Waals surface area contributed by atoms with E-state index < -0.39 is 0 Å². The molecule has 0 amide bonds. The minimum atomic E-state index is -0.282. The van der Waals surface area contributed by atoms with E-state index in [0.29, 0.717) is 11.5 Å². The fraction of sp³-hybridized carbons (Fsp3) is 0.333. The van der Waals surface area contributed by atoms with Crippen molar-refractivity contribution in [1.82, 2.24) is 0 Å². The summed E-state index contributed by atoms with van der Waals surface area (Å²) >= 11 is 5.94. The van der Waals surface area contributed by atoms with Gasteiger partial charge in [0.15, 0.2) is 0 Å². The molecule has 2 rings (SSSR count). The van der Waals surface area contributed by atoms with E-state index in [1.807, 2.05) is 25.1 Å². The lowest BCUT2D eigenvalue weighted by molar-refractivity contribution is 0.585. The maximum absolute atomic E-state index is 14.0. The molecule has 0 saturated carbocycles. The average Bonchev–Trinajstić information content (AvgIpc) is 2.36. The Labute approximate surface area is 107 Å². The molecule has 90 valence electrons. The van der Waals surface area contributed by atoms with Gasteiger partial charge in [-0.3, -0.25) is 0 Å². The molecule has 0 radical (unpaired) electrons. The zero-order valence-corrected chi connectivity index (χ0v) is 10.7. The summed E-state index contributed by atoms with van der Waals surface area (Å²) in [5.74, 6) is 0.248. The van der Waals surface area contributed by atoms with Crippen LogP contribution in [0.1, 0.15) is 30.4 Å². The highest BCUT2D eigenvalue weighted by Gasteiger charge is 2.17. The number of benzene rings is 1. The normalized spacial score (nSPS) is 19.9. The van der Waals surface area contributed by atoms with Gasteiger partial charge < -0.3 is 0 Å².